The second kappa shape index (κ2) is 5.64. The van der Waals surface area contributed by atoms with Crippen molar-refractivity contribution in [2.75, 3.05) is 0 Å². The molecule has 4 heteroatoms. The summed E-state index contributed by atoms with van der Waals surface area (Å²) in [4.78, 5) is 22.2. The maximum absolute atomic E-state index is 11.8. The average molecular weight is 253 g/mol. The van der Waals surface area contributed by atoms with E-state index in [0.717, 1.165) is 11.6 Å². The van der Waals surface area contributed by atoms with E-state index in [9.17, 15) is 9.59 Å². The third-order valence-electron chi connectivity index (χ3n) is 2.31. The molecule has 0 heterocycles. The number of rotatable bonds is 4. The third kappa shape index (κ3) is 3.71. The first-order chi connectivity index (χ1) is 7.91. The van der Waals surface area contributed by atoms with Crippen LogP contribution in [0.25, 0.3) is 6.08 Å². The van der Waals surface area contributed by atoms with Gasteiger partial charge in [-0.15, -0.1) is 11.6 Å². The largest absolute Gasteiger partial charge is 0.478 e. The van der Waals surface area contributed by atoms with Gasteiger partial charge in [0.15, 0.2) is 5.78 Å². The van der Waals surface area contributed by atoms with Crippen LogP contribution < -0.4 is 0 Å². The van der Waals surface area contributed by atoms with Crippen molar-refractivity contribution in [2.24, 2.45) is 0 Å². The molecule has 1 aromatic rings. The lowest BCUT2D eigenvalue weighted by molar-refractivity contribution is -0.131. The molecule has 0 aliphatic rings. The van der Waals surface area contributed by atoms with Crippen molar-refractivity contribution in [3.8, 4) is 0 Å². The number of carboxylic acid groups (broad SMARTS) is 1. The number of hydrogen-bond donors (Lipinski definition) is 1. The molecule has 0 bridgehead atoms. The number of carbonyl (C=O) groups is 2. The van der Waals surface area contributed by atoms with Crippen LogP contribution in [0.5, 0.6) is 0 Å². The molecule has 0 spiro atoms. The monoisotopic (exact) mass is 252 g/mol. The number of hydrogen-bond acceptors (Lipinski definition) is 2. The molecule has 17 heavy (non-hydrogen) atoms. The highest BCUT2D eigenvalue weighted by Crippen LogP contribution is 2.16. The number of halogens is 1. The number of carbonyl (C=O) groups excluding carboxylic acids is 1. The molecule has 0 aromatic heterocycles. The molecular weight excluding hydrogens is 240 g/mol. The van der Waals surface area contributed by atoms with E-state index in [1.165, 1.54) is 6.08 Å². The highest BCUT2D eigenvalue weighted by atomic mass is 35.5. The number of aryl methyl sites for hydroxylation is 1. The van der Waals surface area contributed by atoms with Crippen molar-refractivity contribution >= 4 is 29.4 Å². The van der Waals surface area contributed by atoms with Crippen molar-refractivity contribution in [3.05, 3.63) is 41.0 Å². The van der Waals surface area contributed by atoms with E-state index in [0.29, 0.717) is 11.1 Å². The van der Waals surface area contributed by atoms with E-state index >= 15 is 0 Å². The summed E-state index contributed by atoms with van der Waals surface area (Å²) in [6.45, 7) is 3.43. The van der Waals surface area contributed by atoms with Gasteiger partial charge in [-0.05, 0) is 37.1 Å². The molecule has 0 amide bonds. The summed E-state index contributed by atoms with van der Waals surface area (Å²) in [6.07, 6.45) is 2.47. The quantitative estimate of drug-likeness (QED) is 0.509. The van der Waals surface area contributed by atoms with Crippen molar-refractivity contribution in [2.45, 2.75) is 19.2 Å². The molecule has 3 nitrogen and oxygen atoms in total. The van der Waals surface area contributed by atoms with Gasteiger partial charge in [0, 0.05) is 11.6 Å². The lowest BCUT2D eigenvalue weighted by atomic mass is 10.00. The maximum atomic E-state index is 11.8. The summed E-state index contributed by atoms with van der Waals surface area (Å²) in [5.41, 5.74) is 2.02. The van der Waals surface area contributed by atoms with E-state index in [2.05, 4.69) is 0 Å². The molecule has 1 N–H and O–H groups in total. The summed E-state index contributed by atoms with van der Waals surface area (Å²) in [5.74, 6) is -1.18. The number of ketones is 1. The second-order valence-electron chi connectivity index (χ2n) is 3.73. The van der Waals surface area contributed by atoms with Gasteiger partial charge in [-0.25, -0.2) is 4.79 Å². The van der Waals surface area contributed by atoms with Gasteiger partial charge in [-0.3, -0.25) is 4.79 Å². The zero-order valence-electron chi connectivity index (χ0n) is 9.61. The Morgan fingerprint density at radius 1 is 1.41 bits per heavy atom. The molecule has 0 radical (unpaired) electrons. The lowest BCUT2D eigenvalue weighted by Crippen LogP contribution is -2.12. The number of alkyl halides is 1. The summed E-state index contributed by atoms with van der Waals surface area (Å²) >= 11 is 5.75. The topological polar surface area (TPSA) is 54.4 Å². The van der Waals surface area contributed by atoms with E-state index in [1.807, 2.05) is 6.92 Å². The highest BCUT2D eigenvalue weighted by molar-refractivity contribution is 6.33. The molecule has 1 atom stereocenters. The SMILES string of the molecule is Cc1ccc(/C=C/C(=O)O)cc1C(=O)C(C)Cl. The summed E-state index contributed by atoms with van der Waals surface area (Å²) in [6, 6.07) is 5.18. The van der Waals surface area contributed by atoms with Crippen LogP contribution in [0.1, 0.15) is 28.4 Å². The lowest BCUT2D eigenvalue weighted by Gasteiger charge is -2.07. The van der Waals surface area contributed by atoms with E-state index < -0.39 is 11.3 Å². The normalized spacial score (nSPS) is 12.6. The Bertz CT molecular complexity index is 476. The van der Waals surface area contributed by atoms with Gasteiger partial charge in [-0.2, -0.15) is 0 Å². The summed E-state index contributed by atoms with van der Waals surface area (Å²) in [5, 5.41) is 7.93. The van der Waals surface area contributed by atoms with Crippen molar-refractivity contribution in [1.29, 1.82) is 0 Å². The Morgan fingerprint density at radius 3 is 2.59 bits per heavy atom. The second-order valence-corrected chi connectivity index (χ2v) is 4.38. The number of carboxylic acids is 1. The van der Waals surface area contributed by atoms with Crippen molar-refractivity contribution in [1.82, 2.24) is 0 Å². The Morgan fingerprint density at radius 2 is 2.06 bits per heavy atom. The Hall–Kier alpha value is -1.61. The standard InChI is InChI=1S/C13H13ClO3/c1-8-3-4-10(5-6-12(15)16)7-11(8)13(17)9(2)14/h3-7,9H,1-2H3,(H,15,16)/b6-5+. The van der Waals surface area contributed by atoms with Gasteiger partial charge in [-0.1, -0.05) is 12.1 Å². The van der Waals surface area contributed by atoms with Crippen LogP contribution in [0.3, 0.4) is 0 Å². The van der Waals surface area contributed by atoms with E-state index in [-0.39, 0.29) is 5.78 Å². The van der Waals surface area contributed by atoms with Crippen LogP contribution in [0.2, 0.25) is 0 Å². The van der Waals surface area contributed by atoms with Gasteiger partial charge >= 0.3 is 5.97 Å². The first-order valence-electron chi connectivity index (χ1n) is 5.11. The van der Waals surface area contributed by atoms with Crippen LogP contribution in [-0.2, 0) is 4.79 Å². The number of benzene rings is 1. The molecular formula is C13H13ClO3. The van der Waals surface area contributed by atoms with Gasteiger partial charge in [0.1, 0.15) is 0 Å². The van der Waals surface area contributed by atoms with Crippen LogP contribution in [0, 0.1) is 6.92 Å². The first kappa shape index (κ1) is 13.5. The van der Waals surface area contributed by atoms with Crippen LogP contribution in [-0.4, -0.2) is 22.2 Å². The zero-order valence-corrected chi connectivity index (χ0v) is 10.4. The molecule has 1 aromatic carbocycles. The molecule has 0 saturated carbocycles. The minimum atomic E-state index is -1.02. The molecule has 0 aliphatic carbocycles. The van der Waals surface area contributed by atoms with E-state index in [4.69, 9.17) is 16.7 Å². The molecule has 0 aliphatic heterocycles. The van der Waals surface area contributed by atoms with Crippen LogP contribution in [0.4, 0.5) is 0 Å². The average Bonchev–Trinajstić information content (AvgIpc) is 2.26. The number of Topliss-reactive ketones (excluding diaryl/α,β-unsaturated/α-hetero) is 1. The fraction of sp³-hybridized carbons (Fsp3) is 0.231. The molecule has 90 valence electrons. The van der Waals surface area contributed by atoms with Gasteiger partial charge in [0.2, 0.25) is 0 Å². The predicted molar refractivity (Wildman–Crippen MR) is 67.5 cm³/mol. The minimum Gasteiger partial charge on any atom is -0.478 e. The van der Waals surface area contributed by atoms with Gasteiger partial charge < -0.3 is 5.11 Å². The third-order valence-corrected chi connectivity index (χ3v) is 2.50. The first-order valence-corrected chi connectivity index (χ1v) is 5.55. The fourth-order valence-electron chi connectivity index (χ4n) is 1.39. The van der Waals surface area contributed by atoms with Crippen molar-refractivity contribution in [3.63, 3.8) is 0 Å². The predicted octanol–water partition coefficient (Wildman–Crippen LogP) is 2.90. The Balaban J connectivity index is 3.11. The smallest absolute Gasteiger partial charge is 0.328 e. The zero-order chi connectivity index (χ0) is 13.0. The highest BCUT2D eigenvalue weighted by Gasteiger charge is 2.14. The van der Waals surface area contributed by atoms with Crippen LogP contribution >= 0.6 is 11.6 Å². The maximum Gasteiger partial charge on any atom is 0.328 e. The number of aliphatic carboxylic acids is 1. The Kier molecular flexibility index (Phi) is 4.46. The molecule has 1 rings (SSSR count). The van der Waals surface area contributed by atoms with Gasteiger partial charge in [0.05, 0.1) is 5.38 Å². The minimum absolute atomic E-state index is 0.158. The summed E-state index contributed by atoms with van der Waals surface area (Å²) < 4.78 is 0. The Labute approximate surface area is 105 Å². The van der Waals surface area contributed by atoms with E-state index in [1.54, 1.807) is 25.1 Å². The fourth-order valence-corrected chi connectivity index (χ4v) is 1.51. The van der Waals surface area contributed by atoms with Crippen molar-refractivity contribution < 1.29 is 14.7 Å². The van der Waals surface area contributed by atoms with Crippen LogP contribution in [0.15, 0.2) is 24.3 Å². The summed E-state index contributed by atoms with van der Waals surface area (Å²) in [7, 11) is 0. The molecule has 0 fully saturated rings. The molecule has 0 saturated heterocycles. The molecule has 1 unspecified atom stereocenters. The van der Waals surface area contributed by atoms with Gasteiger partial charge in [0.25, 0.3) is 0 Å².